The third kappa shape index (κ3) is 4.10. The van der Waals surface area contributed by atoms with Crippen molar-refractivity contribution in [2.24, 2.45) is 4.99 Å². The molecule has 0 fully saturated rings. The van der Waals surface area contributed by atoms with Crippen LogP contribution in [0.15, 0.2) is 39.9 Å². The Balaban J connectivity index is 2.00. The molecule has 118 valence electrons. The molecular weight excluding hydrogens is 276 g/mol. The maximum atomic E-state index is 5.56. The van der Waals surface area contributed by atoms with Crippen molar-refractivity contribution >= 4 is 5.96 Å². The van der Waals surface area contributed by atoms with Crippen LogP contribution < -0.4 is 0 Å². The van der Waals surface area contributed by atoms with Crippen molar-refractivity contribution in [2.45, 2.75) is 13.3 Å². The van der Waals surface area contributed by atoms with E-state index in [9.17, 15) is 0 Å². The monoisotopic (exact) mass is 300 g/mol. The SMILES string of the molecule is Cc1ccc(-c2nc(CCN=C(N(C)C)N(C)C)co2)cc1. The van der Waals surface area contributed by atoms with Crippen LogP contribution in [0.4, 0.5) is 0 Å². The topological polar surface area (TPSA) is 44.9 Å². The molecule has 0 aliphatic rings. The minimum atomic E-state index is 0.666. The summed E-state index contributed by atoms with van der Waals surface area (Å²) >= 11 is 0. The van der Waals surface area contributed by atoms with Gasteiger partial charge in [0.1, 0.15) is 6.26 Å². The first-order valence-electron chi connectivity index (χ1n) is 7.38. The van der Waals surface area contributed by atoms with E-state index < -0.39 is 0 Å². The van der Waals surface area contributed by atoms with Gasteiger partial charge in [0.05, 0.1) is 5.69 Å². The lowest BCUT2D eigenvalue weighted by atomic mass is 10.1. The number of benzene rings is 1. The number of guanidine groups is 1. The highest BCUT2D eigenvalue weighted by Crippen LogP contribution is 2.19. The molecule has 1 aromatic heterocycles. The quantitative estimate of drug-likeness (QED) is 0.643. The molecule has 5 nitrogen and oxygen atoms in total. The average Bonchev–Trinajstić information content (AvgIpc) is 2.92. The van der Waals surface area contributed by atoms with Gasteiger partial charge in [0.15, 0.2) is 5.96 Å². The van der Waals surface area contributed by atoms with Crippen LogP contribution in [0.3, 0.4) is 0 Å². The van der Waals surface area contributed by atoms with Crippen LogP contribution in [0, 0.1) is 6.92 Å². The Labute approximate surface area is 132 Å². The van der Waals surface area contributed by atoms with Gasteiger partial charge in [-0.2, -0.15) is 0 Å². The number of aliphatic imine (C=N–C) groups is 1. The number of hydrogen-bond acceptors (Lipinski definition) is 3. The summed E-state index contributed by atoms with van der Waals surface area (Å²) in [5.41, 5.74) is 3.16. The summed E-state index contributed by atoms with van der Waals surface area (Å²) in [6.07, 6.45) is 2.48. The Morgan fingerprint density at radius 3 is 2.32 bits per heavy atom. The maximum absolute atomic E-state index is 5.56. The van der Waals surface area contributed by atoms with Gasteiger partial charge in [0.25, 0.3) is 0 Å². The lowest BCUT2D eigenvalue weighted by Crippen LogP contribution is -2.35. The number of hydrogen-bond donors (Lipinski definition) is 0. The van der Waals surface area contributed by atoms with Crippen molar-refractivity contribution in [2.75, 3.05) is 34.7 Å². The summed E-state index contributed by atoms with van der Waals surface area (Å²) in [6.45, 7) is 2.75. The zero-order valence-electron chi connectivity index (χ0n) is 14.0. The van der Waals surface area contributed by atoms with Gasteiger partial charge in [-0.15, -0.1) is 0 Å². The zero-order chi connectivity index (χ0) is 16.1. The molecule has 1 aromatic carbocycles. The number of aryl methyl sites for hydroxylation is 1. The molecule has 0 N–H and O–H groups in total. The summed E-state index contributed by atoms with van der Waals surface area (Å²) in [6, 6.07) is 8.17. The minimum absolute atomic E-state index is 0.666. The first-order valence-corrected chi connectivity index (χ1v) is 7.38. The molecule has 5 heteroatoms. The standard InChI is InChI=1S/C17H24N4O/c1-13-6-8-14(9-7-13)16-19-15(12-22-16)10-11-18-17(20(2)3)21(4)5/h6-9,12H,10-11H2,1-5H3. The highest BCUT2D eigenvalue weighted by molar-refractivity contribution is 5.79. The van der Waals surface area contributed by atoms with Crippen molar-refractivity contribution < 1.29 is 4.42 Å². The molecule has 0 saturated carbocycles. The van der Waals surface area contributed by atoms with E-state index in [1.165, 1.54) is 5.56 Å². The normalized spacial score (nSPS) is 10.4. The molecular formula is C17H24N4O. The van der Waals surface area contributed by atoms with Gasteiger partial charge in [-0.05, 0) is 19.1 Å². The van der Waals surface area contributed by atoms with Crippen LogP contribution in [0.2, 0.25) is 0 Å². The first-order chi connectivity index (χ1) is 10.5. The number of oxazole rings is 1. The molecule has 0 aliphatic heterocycles. The van der Waals surface area contributed by atoms with Gasteiger partial charge in [-0.3, -0.25) is 4.99 Å². The fraction of sp³-hybridized carbons (Fsp3) is 0.412. The third-order valence-corrected chi connectivity index (χ3v) is 3.27. The summed E-state index contributed by atoms with van der Waals surface area (Å²) < 4.78 is 5.56. The Morgan fingerprint density at radius 1 is 1.09 bits per heavy atom. The van der Waals surface area contributed by atoms with Crippen LogP contribution in [-0.4, -0.2) is 55.5 Å². The van der Waals surface area contributed by atoms with Crippen molar-refractivity contribution in [1.29, 1.82) is 0 Å². The van der Waals surface area contributed by atoms with Crippen LogP contribution in [0.1, 0.15) is 11.3 Å². The average molecular weight is 300 g/mol. The summed E-state index contributed by atoms with van der Waals surface area (Å²) in [5.74, 6) is 1.61. The van der Waals surface area contributed by atoms with Crippen LogP contribution in [-0.2, 0) is 6.42 Å². The second kappa shape index (κ2) is 7.11. The molecule has 0 radical (unpaired) electrons. The lowest BCUT2D eigenvalue weighted by molar-refractivity contribution is 0.479. The van der Waals surface area contributed by atoms with E-state index in [0.717, 1.165) is 23.6 Å². The number of nitrogens with zero attached hydrogens (tertiary/aromatic N) is 4. The van der Waals surface area contributed by atoms with Crippen molar-refractivity contribution in [3.63, 3.8) is 0 Å². The lowest BCUT2D eigenvalue weighted by Gasteiger charge is -2.22. The van der Waals surface area contributed by atoms with Crippen LogP contribution >= 0.6 is 0 Å². The second-order valence-electron chi connectivity index (χ2n) is 5.73. The van der Waals surface area contributed by atoms with Crippen molar-refractivity contribution in [3.8, 4) is 11.5 Å². The second-order valence-corrected chi connectivity index (χ2v) is 5.73. The van der Waals surface area contributed by atoms with Crippen molar-refractivity contribution in [1.82, 2.24) is 14.8 Å². The molecule has 0 saturated heterocycles. The van der Waals surface area contributed by atoms with Gasteiger partial charge >= 0.3 is 0 Å². The molecule has 2 aromatic rings. The zero-order valence-corrected chi connectivity index (χ0v) is 14.0. The van der Waals surface area contributed by atoms with Crippen molar-refractivity contribution in [3.05, 3.63) is 41.8 Å². The van der Waals surface area contributed by atoms with Gasteiger partial charge in [-0.1, -0.05) is 17.7 Å². The minimum Gasteiger partial charge on any atom is -0.444 e. The fourth-order valence-corrected chi connectivity index (χ4v) is 2.20. The molecule has 0 atom stereocenters. The molecule has 0 aliphatic carbocycles. The first kappa shape index (κ1) is 16.1. The largest absolute Gasteiger partial charge is 0.444 e. The van der Waals surface area contributed by atoms with E-state index in [4.69, 9.17) is 4.42 Å². The van der Waals surface area contributed by atoms with E-state index in [2.05, 4.69) is 29.0 Å². The maximum Gasteiger partial charge on any atom is 0.226 e. The molecule has 0 bridgehead atoms. The van der Waals surface area contributed by atoms with E-state index >= 15 is 0 Å². The van der Waals surface area contributed by atoms with Gasteiger partial charge in [0, 0.05) is 46.7 Å². The molecule has 2 rings (SSSR count). The van der Waals surface area contributed by atoms with E-state index in [1.54, 1.807) is 6.26 Å². The van der Waals surface area contributed by atoms with Gasteiger partial charge in [-0.25, -0.2) is 4.98 Å². The van der Waals surface area contributed by atoms with E-state index in [-0.39, 0.29) is 0 Å². The van der Waals surface area contributed by atoms with E-state index in [1.807, 2.05) is 50.1 Å². The predicted molar refractivity (Wildman–Crippen MR) is 90.1 cm³/mol. The summed E-state index contributed by atoms with van der Waals surface area (Å²) in [5, 5.41) is 0. The van der Waals surface area contributed by atoms with Gasteiger partial charge in [0.2, 0.25) is 5.89 Å². The number of rotatable bonds is 4. The summed E-state index contributed by atoms with van der Waals surface area (Å²) in [7, 11) is 7.96. The fourth-order valence-electron chi connectivity index (χ4n) is 2.20. The smallest absolute Gasteiger partial charge is 0.226 e. The Kier molecular flexibility index (Phi) is 5.20. The molecule has 0 unspecified atom stereocenters. The van der Waals surface area contributed by atoms with Gasteiger partial charge < -0.3 is 14.2 Å². The Bertz CT molecular complexity index is 616. The van der Waals surface area contributed by atoms with Crippen LogP contribution in [0.25, 0.3) is 11.5 Å². The molecule has 1 heterocycles. The highest BCUT2D eigenvalue weighted by Gasteiger charge is 2.07. The Hall–Kier alpha value is -2.30. The third-order valence-electron chi connectivity index (χ3n) is 3.27. The van der Waals surface area contributed by atoms with Crippen LogP contribution in [0.5, 0.6) is 0 Å². The highest BCUT2D eigenvalue weighted by atomic mass is 16.3. The molecule has 22 heavy (non-hydrogen) atoms. The predicted octanol–water partition coefficient (Wildman–Crippen LogP) is 2.67. The van der Waals surface area contributed by atoms with E-state index in [0.29, 0.717) is 12.4 Å². The summed E-state index contributed by atoms with van der Waals surface area (Å²) in [4.78, 5) is 13.1. The molecule has 0 spiro atoms. The molecule has 0 amide bonds. The Morgan fingerprint density at radius 2 is 1.73 bits per heavy atom. The number of aromatic nitrogens is 1.